The van der Waals surface area contributed by atoms with Crippen molar-refractivity contribution in [1.82, 2.24) is 0 Å². The largest absolute Gasteiger partial charge is 0.388 e. The fourth-order valence-electron chi connectivity index (χ4n) is 1.46. The monoisotopic (exact) mass is 327 g/mol. The Kier molecular flexibility index (Phi) is 5.00. The Hall–Kier alpha value is -0.860. The fraction of sp³-hybridized carbons (Fsp3) is 0.0769. The van der Waals surface area contributed by atoms with Gasteiger partial charge in [-0.15, -0.1) is 11.8 Å². The van der Waals surface area contributed by atoms with Crippen molar-refractivity contribution in [2.45, 2.75) is 14.7 Å². The van der Waals surface area contributed by atoms with Gasteiger partial charge in [0, 0.05) is 9.79 Å². The molecule has 0 amide bonds. The molecule has 0 bridgehead atoms. The second-order valence-electron chi connectivity index (χ2n) is 3.62. The summed E-state index contributed by atoms with van der Waals surface area (Å²) >= 11 is 15.5. The highest BCUT2D eigenvalue weighted by atomic mass is 35.5. The molecular weight excluding hydrogens is 319 g/mol. The maximum atomic E-state index is 8.72. The van der Waals surface area contributed by atoms with Crippen molar-refractivity contribution in [1.29, 1.82) is 5.39 Å². The Balaban J connectivity index is 2.30. The quantitative estimate of drug-likeness (QED) is 0.485. The number of hydrogen-bond acceptors (Lipinski definition) is 3. The molecule has 0 aliphatic carbocycles. The van der Waals surface area contributed by atoms with Crippen molar-refractivity contribution in [3.8, 4) is 0 Å². The number of rotatable bonds is 3. The molecule has 96 valence electrons. The molecule has 0 aromatic heterocycles. The van der Waals surface area contributed by atoms with Crippen LogP contribution in [-0.4, -0.2) is 6.26 Å². The zero-order valence-electron chi connectivity index (χ0n) is 9.93. The third-order valence-electron chi connectivity index (χ3n) is 2.38. The van der Waals surface area contributed by atoms with Crippen LogP contribution in [0.25, 0.3) is 4.98 Å². The van der Waals surface area contributed by atoms with E-state index in [-0.39, 0.29) is 0 Å². The summed E-state index contributed by atoms with van der Waals surface area (Å²) in [6, 6.07) is 11.3. The Morgan fingerprint density at radius 2 is 1.53 bits per heavy atom. The van der Waals surface area contributed by atoms with Crippen LogP contribution in [0.15, 0.2) is 51.1 Å². The highest BCUT2D eigenvalue weighted by Gasteiger charge is 2.15. The molecule has 0 unspecified atom stereocenters. The Morgan fingerprint density at radius 3 is 2.00 bits per heavy atom. The minimum atomic E-state index is 0.345. The summed E-state index contributed by atoms with van der Waals surface area (Å²) in [5.74, 6) is 0. The molecule has 0 aliphatic rings. The van der Waals surface area contributed by atoms with E-state index in [1.165, 1.54) is 16.7 Å². The topological polar surface area (TPSA) is 28.1 Å². The van der Waals surface area contributed by atoms with Crippen LogP contribution in [0.5, 0.6) is 0 Å². The van der Waals surface area contributed by atoms with Crippen LogP contribution in [0.2, 0.25) is 10.0 Å². The summed E-state index contributed by atoms with van der Waals surface area (Å²) in [7, 11) is 0. The SMILES string of the molecule is CSc1ccc(Sc2c(Cl)cc([N+]#N)cc2Cl)cc1. The maximum Gasteiger partial charge on any atom is 0.388 e. The van der Waals surface area contributed by atoms with Gasteiger partial charge in [0.2, 0.25) is 5.39 Å². The number of benzene rings is 2. The van der Waals surface area contributed by atoms with E-state index in [4.69, 9.17) is 28.6 Å². The molecule has 6 heteroatoms. The first-order valence-electron chi connectivity index (χ1n) is 5.30. The minimum absolute atomic E-state index is 0.345. The molecule has 0 saturated carbocycles. The van der Waals surface area contributed by atoms with Gasteiger partial charge in [0.1, 0.15) is 0 Å². The first-order valence-corrected chi connectivity index (χ1v) is 8.10. The lowest BCUT2D eigenvalue weighted by Crippen LogP contribution is -1.79. The molecule has 0 heterocycles. The lowest BCUT2D eigenvalue weighted by molar-refractivity contribution is 1.34. The molecule has 2 aromatic rings. The van der Waals surface area contributed by atoms with Gasteiger partial charge in [0.05, 0.1) is 27.1 Å². The molecule has 0 spiro atoms. The summed E-state index contributed by atoms with van der Waals surface area (Å²) in [4.78, 5) is 6.10. The normalized spacial score (nSPS) is 10.2. The van der Waals surface area contributed by atoms with Crippen LogP contribution in [0.1, 0.15) is 0 Å². The molecule has 0 fully saturated rings. The zero-order valence-corrected chi connectivity index (χ0v) is 13.1. The van der Waals surface area contributed by atoms with Crippen LogP contribution >= 0.6 is 46.7 Å². The molecule has 2 nitrogen and oxygen atoms in total. The second-order valence-corrected chi connectivity index (χ2v) is 6.39. The van der Waals surface area contributed by atoms with Gasteiger partial charge >= 0.3 is 5.69 Å². The molecule has 2 rings (SSSR count). The Bertz CT molecular complexity index is 613. The third kappa shape index (κ3) is 3.58. The summed E-state index contributed by atoms with van der Waals surface area (Å²) < 4.78 is 0. The van der Waals surface area contributed by atoms with E-state index in [9.17, 15) is 0 Å². The van der Waals surface area contributed by atoms with E-state index in [1.54, 1.807) is 23.9 Å². The highest BCUT2D eigenvalue weighted by molar-refractivity contribution is 7.99. The van der Waals surface area contributed by atoms with Gasteiger partial charge in [-0.05, 0) is 30.5 Å². The number of diazo groups is 1. The van der Waals surface area contributed by atoms with Gasteiger partial charge in [-0.2, -0.15) is 0 Å². The molecule has 0 saturated heterocycles. The van der Waals surface area contributed by atoms with Crippen LogP contribution in [-0.2, 0) is 0 Å². The lowest BCUT2D eigenvalue weighted by Gasteiger charge is -2.06. The summed E-state index contributed by atoms with van der Waals surface area (Å²) in [6.07, 6.45) is 2.03. The molecule has 0 aliphatic heterocycles. The first kappa shape index (κ1) is 14.5. The third-order valence-corrected chi connectivity index (χ3v) is 5.09. The number of thioether (sulfide) groups is 1. The van der Waals surface area contributed by atoms with Crippen LogP contribution in [0.4, 0.5) is 5.69 Å². The van der Waals surface area contributed by atoms with Crippen molar-refractivity contribution in [3.63, 3.8) is 0 Å². The van der Waals surface area contributed by atoms with E-state index >= 15 is 0 Å². The summed E-state index contributed by atoms with van der Waals surface area (Å²) in [5, 5.41) is 9.67. The average molecular weight is 328 g/mol. The molecule has 0 atom stereocenters. The van der Waals surface area contributed by atoms with Crippen molar-refractivity contribution >= 4 is 52.4 Å². The van der Waals surface area contributed by atoms with Crippen molar-refractivity contribution in [2.24, 2.45) is 0 Å². The Labute approximate surface area is 130 Å². The molecule has 19 heavy (non-hydrogen) atoms. The van der Waals surface area contributed by atoms with E-state index in [0.717, 1.165) is 9.79 Å². The van der Waals surface area contributed by atoms with Crippen LogP contribution in [0, 0.1) is 5.39 Å². The standard InChI is InChI=1S/C13H9Cl2N2S2/c1-18-9-2-4-10(5-3-9)19-13-11(14)6-8(17-16)7-12(13)15/h2-7H,1H3/q+1. The van der Waals surface area contributed by atoms with Crippen molar-refractivity contribution in [3.05, 3.63) is 51.4 Å². The maximum absolute atomic E-state index is 8.72. The molecule has 0 radical (unpaired) electrons. The van der Waals surface area contributed by atoms with Gasteiger partial charge in [0.15, 0.2) is 4.98 Å². The minimum Gasteiger partial charge on any atom is -0.130 e. The van der Waals surface area contributed by atoms with Crippen LogP contribution in [0.3, 0.4) is 0 Å². The molecule has 0 N–H and O–H groups in total. The first-order chi connectivity index (χ1) is 9.13. The van der Waals surface area contributed by atoms with E-state index < -0.39 is 0 Å². The molecule has 2 aromatic carbocycles. The van der Waals surface area contributed by atoms with E-state index in [2.05, 4.69) is 4.98 Å². The number of hydrogen-bond donors (Lipinski definition) is 0. The predicted octanol–water partition coefficient (Wildman–Crippen LogP) is 6.35. The average Bonchev–Trinajstić information content (AvgIpc) is 2.43. The summed E-state index contributed by atoms with van der Waals surface area (Å²) in [5.41, 5.74) is 0.345. The number of nitrogens with zero attached hydrogens (tertiary/aromatic N) is 2. The lowest BCUT2D eigenvalue weighted by atomic mass is 10.3. The smallest absolute Gasteiger partial charge is 0.130 e. The molecular formula is C13H9Cl2N2S2+. The predicted molar refractivity (Wildman–Crippen MR) is 83.6 cm³/mol. The highest BCUT2D eigenvalue weighted by Crippen LogP contribution is 2.41. The van der Waals surface area contributed by atoms with Gasteiger partial charge in [-0.25, -0.2) is 0 Å². The van der Waals surface area contributed by atoms with Gasteiger partial charge < -0.3 is 0 Å². The van der Waals surface area contributed by atoms with Gasteiger partial charge in [0.25, 0.3) is 0 Å². The second kappa shape index (κ2) is 6.53. The van der Waals surface area contributed by atoms with Gasteiger partial charge in [-0.3, -0.25) is 0 Å². The fourth-order valence-corrected chi connectivity index (χ4v) is 3.40. The Morgan fingerprint density at radius 1 is 1.00 bits per heavy atom. The van der Waals surface area contributed by atoms with Crippen molar-refractivity contribution < 1.29 is 0 Å². The zero-order chi connectivity index (χ0) is 13.8. The van der Waals surface area contributed by atoms with Crippen molar-refractivity contribution in [2.75, 3.05) is 6.26 Å². The van der Waals surface area contributed by atoms with Crippen LogP contribution < -0.4 is 0 Å². The van der Waals surface area contributed by atoms with Gasteiger partial charge in [-0.1, -0.05) is 35.0 Å². The van der Waals surface area contributed by atoms with E-state index in [0.29, 0.717) is 15.7 Å². The van der Waals surface area contributed by atoms with E-state index in [1.807, 2.05) is 30.5 Å². The number of halogens is 2. The summed E-state index contributed by atoms with van der Waals surface area (Å²) in [6.45, 7) is 0.